The van der Waals surface area contributed by atoms with Gasteiger partial charge in [-0.25, -0.2) is 0 Å². The van der Waals surface area contributed by atoms with E-state index in [0.717, 1.165) is 12.2 Å². The van der Waals surface area contributed by atoms with Crippen LogP contribution in [0.15, 0.2) is 30.3 Å². The lowest BCUT2D eigenvalue weighted by Gasteiger charge is -2.25. The molecule has 2 rings (SSSR count). The third-order valence-corrected chi connectivity index (χ3v) is 4.63. The molecule has 1 N–H and O–H groups in total. The Morgan fingerprint density at radius 1 is 1.00 bits per heavy atom. The highest BCUT2D eigenvalue weighted by Crippen LogP contribution is 2.39. The van der Waals surface area contributed by atoms with Crippen molar-refractivity contribution in [3.05, 3.63) is 41.5 Å². The zero-order valence-electron chi connectivity index (χ0n) is 17.6. The Balaban J connectivity index is 2.07. The van der Waals surface area contributed by atoms with Crippen LogP contribution in [0.4, 0.5) is 11.4 Å². The van der Waals surface area contributed by atoms with Crippen LogP contribution in [0, 0.1) is 13.8 Å². The maximum Gasteiger partial charge on any atom is 0.226 e. The second-order valence-corrected chi connectivity index (χ2v) is 6.58. The van der Waals surface area contributed by atoms with Crippen LogP contribution in [0.2, 0.25) is 0 Å². The second kappa shape index (κ2) is 9.88. The van der Waals surface area contributed by atoms with E-state index in [0.29, 0.717) is 35.9 Å². The van der Waals surface area contributed by atoms with Crippen molar-refractivity contribution < 1.29 is 19.0 Å². The van der Waals surface area contributed by atoms with Gasteiger partial charge in [-0.2, -0.15) is 0 Å². The van der Waals surface area contributed by atoms with Gasteiger partial charge in [0.1, 0.15) is 0 Å². The van der Waals surface area contributed by atoms with Crippen LogP contribution in [0.25, 0.3) is 0 Å². The summed E-state index contributed by atoms with van der Waals surface area (Å²) in [5.41, 5.74) is 4.21. The lowest BCUT2D eigenvalue weighted by molar-refractivity contribution is -0.116. The molecular formula is C22H30N2O4. The molecular weight excluding hydrogens is 356 g/mol. The summed E-state index contributed by atoms with van der Waals surface area (Å²) < 4.78 is 16.0. The van der Waals surface area contributed by atoms with Crippen LogP contribution in [0.1, 0.15) is 24.5 Å². The zero-order chi connectivity index (χ0) is 20.7. The van der Waals surface area contributed by atoms with E-state index in [9.17, 15) is 4.79 Å². The second-order valence-electron chi connectivity index (χ2n) is 6.58. The quantitative estimate of drug-likeness (QED) is 0.700. The van der Waals surface area contributed by atoms with Gasteiger partial charge in [-0.05, 0) is 32.4 Å². The molecule has 0 saturated heterocycles. The number of ether oxygens (including phenoxy) is 3. The van der Waals surface area contributed by atoms with Crippen molar-refractivity contribution in [2.24, 2.45) is 0 Å². The predicted molar refractivity (Wildman–Crippen MR) is 113 cm³/mol. The maximum atomic E-state index is 12.5. The Labute approximate surface area is 167 Å². The van der Waals surface area contributed by atoms with Gasteiger partial charge in [0.15, 0.2) is 11.5 Å². The maximum absolute atomic E-state index is 12.5. The molecule has 1 amide bonds. The molecule has 0 atom stereocenters. The largest absolute Gasteiger partial charge is 0.493 e. The molecule has 0 unspecified atom stereocenters. The molecule has 0 aliphatic rings. The van der Waals surface area contributed by atoms with Gasteiger partial charge < -0.3 is 24.4 Å². The summed E-state index contributed by atoms with van der Waals surface area (Å²) in [6, 6.07) is 9.82. The minimum Gasteiger partial charge on any atom is -0.493 e. The Morgan fingerprint density at radius 2 is 1.64 bits per heavy atom. The highest BCUT2D eigenvalue weighted by atomic mass is 16.5. The fourth-order valence-corrected chi connectivity index (χ4v) is 3.22. The van der Waals surface area contributed by atoms with Crippen LogP contribution in [0.3, 0.4) is 0 Å². The molecule has 28 heavy (non-hydrogen) atoms. The minimum absolute atomic E-state index is 0.0718. The van der Waals surface area contributed by atoms with E-state index in [1.165, 1.54) is 11.1 Å². The van der Waals surface area contributed by atoms with Crippen LogP contribution < -0.4 is 24.4 Å². The van der Waals surface area contributed by atoms with E-state index in [-0.39, 0.29) is 5.91 Å². The number of aryl methyl sites for hydroxylation is 2. The molecule has 0 fully saturated rings. The van der Waals surface area contributed by atoms with Crippen LogP contribution in [-0.2, 0) is 4.79 Å². The molecule has 0 aromatic heterocycles. The number of nitrogens with zero attached hydrogens (tertiary/aromatic N) is 1. The summed E-state index contributed by atoms with van der Waals surface area (Å²) >= 11 is 0. The topological polar surface area (TPSA) is 60.0 Å². The standard InChI is InChI=1S/C22H30N2O4/c1-7-24(18-9-8-15(2)12-16(18)3)11-10-21(25)23-17-13-19(26-4)22(28-6)20(14-17)27-5/h8-9,12-14H,7,10-11H2,1-6H3,(H,23,25). The molecule has 0 aliphatic heterocycles. The fourth-order valence-electron chi connectivity index (χ4n) is 3.22. The van der Waals surface area contributed by atoms with Crippen molar-refractivity contribution in [1.29, 1.82) is 0 Å². The van der Waals surface area contributed by atoms with Crippen molar-refractivity contribution in [3.63, 3.8) is 0 Å². The Kier molecular flexibility index (Phi) is 7.55. The van der Waals surface area contributed by atoms with Crippen molar-refractivity contribution in [2.45, 2.75) is 27.2 Å². The Hall–Kier alpha value is -2.89. The number of amides is 1. The van der Waals surface area contributed by atoms with Gasteiger partial charge in [0.05, 0.1) is 21.3 Å². The third-order valence-electron chi connectivity index (χ3n) is 4.63. The average Bonchev–Trinajstić information content (AvgIpc) is 2.68. The number of benzene rings is 2. The molecule has 0 spiro atoms. The van der Waals surface area contributed by atoms with Crippen molar-refractivity contribution in [2.75, 3.05) is 44.6 Å². The molecule has 0 bridgehead atoms. The highest BCUT2D eigenvalue weighted by Gasteiger charge is 2.15. The molecule has 0 aliphatic carbocycles. The molecule has 0 radical (unpaired) electrons. The van der Waals surface area contributed by atoms with E-state index in [4.69, 9.17) is 14.2 Å². The summed E-state index contributed by atoms with van der Waals surface area (Å²) in [7, 11) is 4.64. The lowest BCUT2D eigenvalue weighted by Crippen LogP contribution is -2.28. The average molecular weight is 386 g/mol. The van der Waals surface area contributed by atoms with E-state index < -0.39 is 0 Å². The van der Waals surface area contributed by atoms with Crippen LogP contribution in [0.5, 0.6) is 17.2 Å². The summed E-state index contributed by atoms with van der Waals surface area (Å²) in [6.45, 7) is 7.74. The lowest BCUT2D eigenvalue weighted by atomic mass is 10.1. The molecule has 6 nitrogen and oxygen atoms in total. The van der Waals surface area contributed by atoms with Gasteiger partial charge in [-0.1, -0.05) is 17.7 Å². The number of carbonyl (C=O) groups is 1. The van der Waals surface area contributed by atoms with Gasteiger partial charge >= 0.3 is 0 Å². The van der Waals surface area contributed by atoms with Gasteiger partial charge in [-0.15, -0.1) is 0 Å². The van der Waals surface area contributed by atoms with E-state index >= 15 is 0 Å². The number of rotatable bonds is 9. The molecule has 6 heteroatoms. The van der Waals surface area contributed by atoms with Crippen LogP contribution >= 0.6 is 0 Å². The normalized spacial score (nSPS) is 10.4. The Morgan fingerprint density at radius 3 is 2.14 bits per heavy atom. The predicted octanol–water partition coefficient (Wildman–Crippen LogP) is 4.18. The van der Waals surface area contributed by atoms with Crippen molar-refractivity contribution in [1.82, 2.24) is 0 Å². The van der Waals surface area contributed by atoms with Crippen molar-refractivity contribution >= 4 is 17.3 Å². The van der Waals surface area contributed by atoms with Crippen LogP contribution in [-0.4, -0.2) is 40.3 Å². The SMILES string of the molecule is CCN(CCC(=O)Nc1cc(OC)c(OC)c(OC)c1)c1ccc(C)cc1C. The zero-order valence-corrected chi connectivity index (χ0v) is 17.6. The monoisotopic (exact) mass is 386 g/mol. The van der Waals surface area contributed by atoms with Gasteiger partial charge in [0.2, 0.25) is 11.7 Å². The summed E-state index contributed by atoms with van der Waals surface area (Å²) in [4.78, 5) is 14.7. The number of carbonyl (C=O) groups excluding carboxylic acids is 1. The summed E-state index contributed by atoms with van der Waals surface area (Å²) in [6.07, 6.45) is 0.373. The molecule has 2 aromatic rings. The molecule has 0 heterocycles. The number of anilines is 2. The van der Waals surface area contributed by atoms with E-state index in [2.05, 4.69) is 49.2 Å². The number of methoxy groups -OCH3 is 3. The summed E-state index contributed by atoms with van der Waals surface area (Å²) in [5.74, 6) is 1.43. The first-order chi connectivity index (χ1) is 13.4. The molecule has 152 valence electrons. The van der Waals surface area contributed by atoms with Gasteiger partial charge in [0, 0.05) is 43.0 Å². The number of hydrogen-bond acceptors (Lipinski definition) is 5. The first-order valence-corrected chi connectivity index (χ1v) is 9.35. The minimum atomic E-state index is -0.0718. The summed E-state index contributed by atoms with van der Waals surface area (Å²) in [5, 5.41) is 2.92. The third kappa shape index (κ3) is 5.09. The van der Waals surface area contributed by atoms with Gasteiger partial charge in [-0.3, -0.25) is 4.79 Å². The van der Waals surface area contributed by atoms with Gasteiger partial charge in [0.25, 0.3) is 0 Å². The number of hydrogen-bond donors (Lipinski definition) is 1. The first-order valence-electron chi connectivity index (χ1n) is 9.35. The first kappa shape index (κ1) is 21.4. The fraction of sp³-hybridized carbons (Fsp3) is 0.409. The highest BCUT2D eigenvalue weighted by molar-refractivity contribution is 5.92. The van der Waals surface area contributed by atoms with E-state index in [1.807, 2.05) is 0 Å². The number of nitrogens with one attached hydrogen (secondary N) is 1. The molecule has 2 aromatic carbocycles. The van der Waals surface area contributed by atoms with Crippen molar-refractivity contribution in [3.8, 4) is 17.2 Å². The smallest absolute Gasteiger partial charge is 0.226 e. The Bertz CT molecular complexity index is 795. The molecule has 0 saturated carbocycles. The van der Waals surface area contributed by atoms with E-state index in [1.54, 1.807) is 33.5 Å².